The highest BCUT2D eigenvalue weighted by Gasteiger charge is 2.07. The molecule has 1 heterocycles. The number of aromatic nitrogens is 1. The molecule has 19 heavy (non-hydrogen) atoms. The largest absolute Gasteiger partial charge is 0.392 e. The van der Waals surface area contributed by atoms with Crippen molar-refractivity contribution in [3.8, 4) is 0 Å². The van der Waals surface area contributed by atoms with E-state index in [1.165, 1.54) is 5.56 Å². The molecule has 0 radical (unpaired) electrons. The molecular weight excluding hydrogens is 236 g/mol. The Morgan fingerprint density at radius 3 is 2.68 bits per heavy atom. The predicted octanol–water partition coefficient (Wildman–Crippen LogP) is 3.36. The topological polar surface area (TPSA) is 45.2 Å². The quantitative estimate of drug-likeness (QED) is 0.881. The van der Waals surface area contributed by atoms with Crippen LogP contribution in [0.25, 0.3) is 0 Å². The molecule has 1 aromatic carbocycles. The molecule has 1 aromatic heterocycles. The maximum absolute atomic E-state index is 9.17. The number of nitrogens with zero attached hydrogens (tertiary/aromatic N) is 1. The minimum Gasteiger partial charge on any atom is -0.392 e. The van der Waals surface area contributed by atoms with E-state index in [1.54, 1.807) is 0 Å². The predicted molar refractivity (Wildman–Crippen MR) is 78.1 cm³/mol. The lowest BCUT2D eigenvalue weighted by Crippen LogP contribution is -2.09. The van der Waals surface area contributed by atoms with Gasteiger partial charge in [-0.15, -0.1) is 0 Å². The third-order valence-corrected chi connectivity index (χ3v) is 3.10. The van der Waals surface area contributed by atoms with Crippen molar-refractivity contribution < 1.29 is 5.11 Å². The summed E-state index contributed by atoms with van der Waals surface area (Å²) in [4.78, 5) is 4.48. The van der Waals surface area contributed by atoms with Crippen molar-refractivity contribution in [1.82, 2.24) is 4.98 Å². The molecule has 3 heteroatoms. The molecule has 0 aliphatic rings. The van der Waals surface area contributed by atoms with Crippen molar-refractivity contribution in [3.05, 3.63) is 58.8 Å². The van der Waals surface area contributed by atoms with Crippen molar-refractivity contribution in [1.29, 1.82) is 0 Å². The van der Waals surface area contributed by atoms with Crippen molar-refractivity contribution in [2.24, 2.45) is 0 Å². The molecule has 0 saturated heterocycles. The molecule has 3 nitrogen and oxygen atoms in total. The van der Waals surface area contributed by atoms with Crippen LogP contribution in [0.3, 0.4) is 0 Å². The van der Waals surface area contributed by atoms with E-state index in [2.05, 4.69) is 36.3 Å². The first-order chi connectivity index (χ1) is 9.08. The first-order valence-corrected chi connectivity index (χ1v) is 6.50. The maximum atomic E-state index is 9.17. The molecule has 0 saturated carbocycles. The minimum atomic E-state index is 0.0718. The van der Waals surface area contributed by atoms with Crippen LogP contribution < -0.4 is 5.32 Å². The SMILES string of the molecule is Cc1cc(C)nc(NC(C)c2cccc(CO)c2)c1. The number of aliphatic hydroxyl groups is 1. The van der Waals surface area contributed by atoms with Gasteiger partial charge in [0.1, 0.15) is 5.82 Å². The number of pyridine rings is 1. The van der Waals surface area contributed by atoms with Gasteiger partial charge in [-0.05, 0) is 49.6 Å². The Labute approximate surface area is 114 Å². The monoisotopic (exact) mass is 256 g/mol. The summed E-state index contributed by atoms with van der Waals surface area (Å²) >= 11 is 0. The molecule has 1 atom stereocenters. The molecule has 0 aliphatic heterocycles. The Balaban J connectivity index is 2.17. The standard InChI is InChI=1S/C16H20N2O/c1-11-7-12(2)17-16(8-11)18-13(3)15-6-4-5-14(9-15)10-19/h4-9,13,19H,10H2,1-3H3,(H,17,18). The molecular formula is C16H20N2O. The maximum Gasteiger partial charge on any atom is 0.126 e. The summed E-state index contributed by atoms with van der Waals surface area (Å²) in [7, 11) is 0. The Morgan fingerprint density at radius 1 is 1.21 bits per heavy atom. The van der Waals surface area contributed by atoms with Crippen molar-refractivity contribution in [2.75, 3.05) is 5.32 Å². The number of aryl methyl sites for hydroxylation is 2. The van der Waals surface area contributed by atoms with Crippen LogP contribution >= 0.6 is 0 Å². The molecule has 1 unspecified atom stereocenters. The van der Waals surface area contributed by atoms with Gasteiger partial charge in [0.15, 0.2) is 0 Å². The van der Waals surface area contributed by atoms with Crippen molar-refractivity contribution in [3.63, 3.8) is 0 Å². The summed E-state index contributed by atoms with van der Waals surface area (Å²) in [5.74, 6) is 0.888. The number of benzene rings is 1. The highest BCUT2D eigenvalue weighted by atomic mass is 16.3. The fourth-order valence-corrected chi connectivity index (χ4v) is 2.18. The summed E-state index contributed by atoms with van der Waals surface area (Å²) in [5.41, 5.74) is 4.29. The van der Waals surface area contributed by atoms with Crippen LogP contribution in [0.2, 0.25) is 0 Å². The van der Waals surface area contributed by atoms with E-state index in [9.17, 15) is 5.11 Å². The van der Waals surface area contributed by atoms with E-state index >= 15 is 0 Å². The van der Waals surface area contributed by atoms with Gasteiger partial charge in [-0.25, -0.2) is 4.98 Å². The fraction of sp³-hybridized carbons (Fsp3) is 0.312. The van der Waals surface area contributed by atoms with Crippen LogP contribution in [0, 0.1) is 13.8 Å². The second kappa shape index (κ2) is 5.85. The minimum absolute atomic E-state index is 0.0718. The molecule has 0 spiro atoms. The van der Waals surface area contributed by atoms with Gasteiger partial charge in [-0.3, -0.25) is 0 Å². The van der Waals surface area contributed by atoms with Crippen LogP contribution in [0.15, 0.2) is 36.4 Å². The Hall–Kier alpha value is -1.87. The van der Waals surface area contributed by atoms with Gasteiger partial charge < -0.3 is 10.4 Å². The summed E-state index contributed by atoms with van der Waals surface area (Å²) in [6, 6.07) is 12.2. The molecule has 2 N–H and O–H groups in total. The van der Waals surface area contributed by atoms with E-state index in [4.69, 9.17) is 0 Å². The summed E-state index contributed by atoms with van der Waals surface area (Å²) < 4.78 is 0. The van der Waals surface area contributed by atoms with Crippen LogP contribution in [0.1, 0.15) is 35.3 Å². The fourth-order valence-electron chi connectivity index (χ4n) is 2.18. The van der Waals surface area contributed by atoms with Crippen LogP contribution in [-0.2, 0) is 6.61 Å². The van der Waals surface area contributed by atoms with Crippen LogP contribution in [0.4, 0.5) is 5.82 Å². The summed E-state index contributed by atoms with van der Waals surface area (Å²) in [5, 5.41) is 12.6. The highest BCUT2D eigenvalue weighted by Crippen LogP contribution is 2.20. The first kappa shape index (κ1) is 13.6. The molecule has 0 aliphatic carbocycles. The Bertz CT molecular complexity index is 546. The highest BCUT2D eigenvalue weighted by molar-refractivity contribution is 5.42. The molecule has 100 valence electrons. The number of rotatable bonds is 4. The number of nitrogens with one attached hydrogen (secondary N) is 1. The molecule has 0 amide bonds. The van der Waals surface area contributed by atoms with Crippen LogP contribution in [-0.4, -0.2) is 10.1 Å². The Kier molecular flexibility index (Phi) is 4.17. The number of hydrogen-bond acceptors (Lipinski definition) is 3. The van der Waals surface area contributed by atoms with Crippen LogP contribution in [0.5, 0.6) is 0 Å². The third kappa shape index (κ3) is 3.55. The first-order valence-electron chi connectivity index (χ1n) is 6.50. The second-order valence-corrected chi connectivity index (χ2v) is 4.94. The number of hydrogen-bond donors (Lipinski definition) is 2. The van der Waals surface area contributed by atoms with Gasteiger partial charge in [0.2, 0.25) is 0 Å². The lowest BCUT2D eigenvalue weighted by Gasteiger charge is -2.16. The molecule has 0 fully saturated rings. The lowest BCUT2D eigenvalue weighted by molar-refractivity contribution is 0.281. The zero-order valence-electron chi connectivity index (χ0n) is 11.6. The van der Waals surface area contributed by atoms with E-state index in [-0.39, 0.29) is 12.6 Å². The van der Waals surface area contributed by atoms with Crippen molar-refractivity contribution >= 4 is 5.82 Å². The van der Waals surface area contributed by atoms with Gasteiger partial charge in [0.05, 0.1) is 6.61 Å². The molecule has 2 rings (SSSR count). The van der Waals surface area contributed by atoms with Gasteiger partial charge >= 0.3 is 0 Å². The number of anilines is 1. The average molecular weight is 256 g/mol. The normalized spacial score (nSPS) is 12.2. The smallest absolute Gasteiger partial charge is 0.126 e. The lowest BCUT2D eigenvalue weighted by atomic mass is 10.1. The van der Waals surface area contributed by atoms with E-state index in [0.717, 1.165) is 22.6 Å². The zero-order valence-corrected chi connectivity index (χ0v) is 11.6. The van der Waals surface area contributed by atoms with Gasteiger partial charge in [-0.2, -0.15) is 0 Å². The summed E-state index contributed by atoms with van der Waals surface area (Å²) in [6.07, 6.45) is 0. The molecule has 2 aromatic rings. The van der Waals surface area contributed by atoms with Gasteiger partial charge in [-0.1, -0.05) is 24.3 Å². The van der Waals surface area contributed by atoms with E-state index in [1.807, 2.05) is 31.2 Å². The zero-order chi connectivity index (χ0) is 13.8. The third-order valence-electron chi connectivity index (χ3n) is 3.10. The van der Waals surface area contributed by atoms with E-state index in [0.29, 0.717) is 0 Å². The van der Waals surface area contributed by atoms with Crippen molar-refractivity contribution in [2.45, 2.75) is 33.4 Å². The van der Waals surface area contributed by atoms with Gasteiger partial charge in [0, 0.05) is 11.7 Å². The molecule has 0 bridgehead atoms. The Morgan fingerprint density at radius 2 is 2.00 bits per heavy atom. The average Bonchev–Trinajstić information content (AvgIpc) is 2.37. The second-order valence-electron chi connectivity index (χ2n) is 4.94. The summed E-state index contributed by atoms with van der Waals surface area (Å²) in [6.45, 7) is 6.23. The van der Waals surface area contributed by atoms with E-state index < -0.39 is 0 Å². The van der Waals surface area contributed by atoms with Gasteiger partial charge in [0.25, 0.3) is 0 Å². The number of aliphatic hydroxyl groups excluding tert-OH is 1.